The van der Waals surface area contributed by atoms with Gasteiger partial charge in [0, 0.05) is 18.8 Å². The van der Waals surface area contributed by atoms with Crippen LogP contribution in [0.2, 0.25) is 0 Å². The standard InChI is InChI=1S/C15H21N5O/c1-12(2)13-5-3-6-14(9-13)19-15(21)16-7-4-8-20-10-17-18-11-20/h3,5-6,9-12H,4,7-8H2,1-2H3,(H2,16,19,21). The Labute approximate surface area is 124 Å². The molecule has 0 unspecified atom stereocenters. The SMILES string of the molecule is CC(C)c1cccc(NC(=O)NCCCn2cnnc2)c1. The molecule has 2 aromatic rings. The van der Waals surface area contributed by atoms with Crippen LogP contribution in [0.4, 0.5) is 10.5 Å². The van der Waals surface area contributed by atoms with E-state index in [1.165, 1.54) is 5.56 Å². The molecule has 0 saturated heterocycles. The van der Waals surface area contributed by atoms with Crippen molar-refractivity contribution in [3.63, 3.8) is 0 Å². The molecule has 1 aromatic heterocycles. The number of rotatable bonds is 6. The Bertz CT molecular complexity index is 565. The van der Waals surface area contributed by atoms with Crippen LogP contribution in [-0.2, 0) is 6.54 Å². The second-order valence-corrected chi connectivity index (χ2v) is 5.21. The minimum atomic E-state index is -0.181. The summed E-state index contributed by atoms with van der Waals surface area (Å²) in [7, 11) is 0. The Hall–Kier alpha value is -2.37. The molecule has 2 amide bonds. The van der Waals surface area contributed by atoms with E-state index in [2.05, 4.69) is 40.7 Å². The minimum absolute atomic E-state index is 0.181. The molecule has 0 aliphatic rings. The van der Waals surface area contributed by atoms with E-state index in [0.29, 0.717) is 12.5 Å². The zero-order valence-electron chi connectivity index (χ0n) is 12.4. The molecule has 6 nitrogen and oxygen atoms in total. The molecule has 0 radical (unpaired) electrons. The molecular weight excluding hydrogens is 266 g/mol. The number of nitrogens with one attached hydrogen (secondary N) is 2. The Morgan fingerprint density at radius 3 is 2.76 bits per heavy atom. The maximum atomic E-state index is 11.8. The van der Waals surface area contributed by atoms with Gasteiger partial charge in [-0.3, -0.25) is 0 Å². The first-order chi connectivity index (χ1) is 10.1. The first kappa shape index (κ1) is 15.0. The predicted molar refractivity (Wildman–Crippen MR) is 82.2 cm³/mol. The largest absolute Gasteiger partial charge is 0.338 e. The molecule has 0 spiro atoms. The van der Waals surface area contributed by atoms with Gasteiger partial charge in [0.1, 0.15) is 12.7 Å². The van der Waals surface area contributed by atoms with E-state index in [-0.39, 0.29) is 6.03 Å². The molecule has 0 saturated carbocycles. The van der Waals surface area contributed by atoms with Crippen molar-refractivity contribution in [3.8, 4) is 0 Å². The van der Waals surface area contributed by atoms with Crippen molar-refractivity contribution in [2.45, 2.75) is 32.7 Å². The highest BCUT2D eigenvalue weighted by Gasteiger charge is 2.03. The topological polar surface area (TPSA) is 71.8 Å². The Morgan fingerprint density at radius 1 is 1.29 bits per heavy atom. The van der Waals surface area contributed by atoms with Crippen LogP contribution in [-0.4, -0.2) is 27.3 Å². The van der Waals surface area contributed by atoms with Crippen molar-refractivity contribution < 1.29 is 4.79 Å². The molecular formula is C15H21N5O. The Morgan fingerprint density at radius 2 is 2.05 bits per heavy atom. The molecule has 2 N–H and O–H groups in total. The number of amides is 2. The number of carbonyl (C=O) groups is 1. The number of urea groups is 1. The van der Waals surface area contributed by atoms with Crippen LogP contribution in [0.15, 0.2) is 36.9 Å². The van der Waals surface area contributed by atoms with E-state index >= 15 is 0 Å². The normalized spacial score (nSPS) is 10.6. The second-order valence-electron chi connectivity index (χ2n) is 5.21. The summed E-state index contributed by atoms with van der Waals surface area (Å²) in [4.78, 5) is 11.8. The third-order valence-electron chi connectivity index (χ3n) is 3.16. The van der Waals surface area contributed by atoms with Crippen molar-refractivity contribution in [3.05, 3.63) is 42.5 Å². The van der Waals surface area contributed by atoms with Crippen molar-refractivity contribution >= 4 is 11.7 Å². The maximum Gasteiger partial charge on any atom is 0.319 e. The summed E-state index contributed by atoms with van der Waals surface area (Å²) in [5.41, 5.74) is 2.03. The molecule has 6 heteroatoms. The van der Waals surface area contributed by atoms with Gasteiger partial charge in [-0.1, -0.05) is 26.0 Å². The van der Waals surface area contributed by atoms with Gasteiger partial charge in [-0.25, -0.2) is 4.79 Å². The van der Waals surface area contributed by atoms with Gasteiger partial charge in [0.15, 0.2) is 0 Å². The van der Waals surface area contributed by atoms with Gasteiger partial charge >= 0.3 is 6.03 Å². The van der Waals surface area contributed by atoms with Crippen LogP contribution < -0.4 is 10.6 Å². The number of anilines is 1. The van der Waals surface area contributed by atoms with Crippen LogP contribution in [0.1, 0.15) is 31.7 Å². The summed E-state index contributed by atoms with van der Waals surface area (Å²) >= 11 is 0. The summed E-state index contributed by atoms with van der Waals surface area (Å²) in [6.07, 6.45) is 4.16. The highest BCUT2D eigenvalue weighted by atomic mass is 16.2. The molecule has 0 fully saturated rings. The summed E-state index contributed by atoms with van der Waals surface area (Å²) in [5, 5.41) is 13.1. The van der Waals surface area contributed by atoms with Crippen molar-refractivity contribution in [2.75, 3.05) is 11.9 Å². The first-order valence-corrected chi connectivity index (χ1v) is 7.12. The van der Waals surface area contributed by atoms with Crippen molar-refractivity contribution in [2.24, 2.45) is 0 Å². The van der Waals surface area contributed by atoms with Crippen LogP contribution in [0.3, 0.4) is 0 Å². The van der Waals surface area contributed by atoms with E-state index < -0.39 is 0 Å². The maximum absolute atomic E-state index is 11.8. The summed E-state index contributed by atoms with van der Waals surface area (Å²) in [6.45, 7) is 5.65. The van der Waals surface area contributed by atoms with Gasteiger partial charge in [0.2, 0.25) is 0 Å². The van der Waals surface area contributed by atoms with Gasteiger partial charge < -0.3 is 15.2 Å². The zero-order chi connectivity index (χ0) is 15.1. The van der Waals surface area contributed by atoms with Crippen molar-refractivity contribution in [1.29, 1.82) is 0 Å². The third-order valence-corrected chi connectivity index (χ3v) is 3.16. The lowest BCUT2D eigenvalue weighted by Crippen LogP contribution is -2.30. The Kier molecular flexibility index (Phi) is 5.31. The monoisotopic (exact) mass is 287 g/mol. The number of hydrogen-bond donors (Lipinski definition) is 2. The molecule has 112 valence electrons. The number of carbonyl (C=O) groups excluding carboxylic acids is 1. The van der Waals surface area contributed by atoms with Gasteiger partial charge in [-0.2, -0.15) is 0 Å². The fourth-order valence-electron chi connectivity index (χ4n) is 1.95. The summed E-state index contributed by atoms with van der Waals surface area (Å²) in [5.74, 6) is 0.443. The number of hydrogen-bond acceptors (Lipinski definition) is 3. The quantitative estimate of drug-likeness (QED) is 0.802. The van der Waals surface area contributed by atoms with E-state index in [4.69, 9.17) is 0 Å². The van der Waals surface area contributed by atoms with Gasteiger partial charge in [0.05, 0.1) is 0 Å². The molecule has 0 aliphatic heterocycles. The lowest BCUT2D eigenvalue weighted by Gasteiger charge is -2.10. The lowest BCUT2D eigenvalue weighted by atomic mass is 10.0. The first-order valence-electron chi connectivity index (χ1n) is 7.12. The van der Waals surface area contributed by atoms with Crippen LogP contribution in [0, 0.1) is 0 Å². The third kappa shape index (κ3) is 4.91. The molecule has 2 rings (SSSR count). The molecule has 0 bridgehead atoms. The molecule has 0 aliphatic carbocycles. The van der Waals surface area contributed by atoms with Crippen molar-refractivity contribution in [1.82, 2.24) is 20.1 Å². The smallest absolute Gasteiger partial charge is 0.319 e. The Balaban J connectivity index is 1.72. The second kappa shape index (κ2) is 7.42. The molecule has 21 heavy (non-hydrogen) atoms. The number of aromatic nitrogens is 3. The fraction of sp³-hybridized carbons (Fsp3) is 0.400. The lowest BCUT2D eigenvalue weighted by molar-refractivity contribution is 0.252. The number of aryl methyl sites for hydroxylation is 1. The summed E-state index contributed by atoms with van der Waals surface area (Å²) in [6, 6.07) is 7.73. The van der Waals surface area contributed by atoms with Crippen LogP contribution in [0.5, 0.6) is 0 Å². The average Bonchev–Trinajstić information content (AvgIpc) is 2.97. The highest BCUT2D eigenvalue weighted by molar-refractivity contribution is 5.89. The van der Waals surface area contributed by atoms with E-state index in [0.717, 1.165) is 18.7 Å². The molecule has 1 heterocycles. The number of benzene rings is 1. The molecule has 1 aromatic carbocycles. The van der Waals surface area contributed by atoms with E-state index in [1.54, 1.807) is 12.7 Å². The zero-order valence-corrected chi connectivity index (χ0v) is 12.4. The van der Waals surface area contributed by atoms with E-state index in [1.807, 2.05) is 22.8 Å². The van der Waals surface area contributed by atoms with Gasteiger partial charge in [-0.05, 0) is 30.0 Å². The molecule has 0 atom stereocenters. The van der Waals surface area contributed by atoms with Crippen LogP contribution in [0.25, 0.3) is 0 Å². The van der Waals surface area contributed by atoms with E-state index in [9.17, 15) is 4.79 Å². The van der Waals surface area contributed by atoms with Crippen LogP contribution >= 0.6 is 0 Å². The van der Waals surface area contributed by atoms with Gasteiger partial charge in [0.25, 0.3) is 0 Å². The predicted octanol–water partition coefficient (Wildman–Crippen LogP) is 2.61. The minimum Gasteiger partial charge on any atom is -0.338 e. The average molecular weight is 287 g/mol. The summed E-state index contributed by atoms with van der Waals surface area (Å²) < 4.78 is 1.88. The highest BCUT2D eigenvalue weighted by Crippen LogP contribution is 2.18. The fourth-order valence-corrected chi connectivity index (χ4v) is 1.95. The number of nitrogens with zero attached hydrogens (tertiary/aromatic N) is 3. The van der Waals surface area contributed by atoms with Gasteiger partial charge in [-0.15, -0.1) is 10.2 Å².